The molecule has 0 aliphatic heterocycles. The molecule has 0 unspecified atom stereocenters. The molecule has 1 saturated carbocycles. The Hall–Kier alpha value is -2.77. The molecular weight excluding hydrogens is 430 g/mol. The number of amides is 2. The Morgan fingerprint density at radius 1 is 1.03 bits per heavy atom. The average molecular weight is 460 g/mol. The van der Waals surface area contributed by atoms with E-state index in [4.69, 9.17) is 21.1 Å². The van der Waals surface area contributed by atoms with E-state index in [1.807, 2.05) is 12.1 Å². The van der Waals surface area contributed by atoms with Crippen molar-refractivity contribution in [3.63, 3.8) is 0 Å². The fourth-order valence-corrected chi connectivity index (χ4v) is 3.82. The molecule has 8 heteroatoms. The Kier molecular flexibility index (Phi) is 9.19. The standard InChI is InChI=1S/C24H30ClN3O4/c1-31-12-13-32-20-9-5-8-19(14-20)27-23(29)16-26-18-10-11-22(25)21(15-18)24(30)28-17-6-3-2-4-7-17/h5,8-11,14-15,17,26H,2-4,6-7,12-13,16H2,1H3,(H,27,29)(H,28,30). The Morgan fingerprint density at radius 2 is 1.84 bits per heavy atom. The summed E-state index contributed by atoms with van der Waals surface area (Å²) in [5, 5.41) is 9.34. The molecule has 3 rings (SSSR count). The summed E-state index contributed by atoms with van der Waals surface area (Å²) in [5.41, 5.74) is 1.69. The highest BCUT2D eigenvalue weighted by molar-refractivity contribution is 6.34. The highest BCUT2D eigenvalue weighted by Crippen LogP contribution is 2.23. The van der Waals surface area contributed by atoms with Gasteiger partial charge in [-0.25, -0.2) is 0 Å². The molecule has 2 aromatic rings. The van der Waals surface area contributed by atoms with Crippen LogP contribution in [0, 0.1) is 0 Å². The number of carbonyl (C=O) groups excluding carboxylic acids is 2. The van der Waals surface area contributed by atoms with E-state index in [9.17, 15) is 9.59 Å². The van der Waals surface area contributed by atoms with Gasteiger partial charge in [0.25, 0.3) is 5.91 Å². The number of hydrogen-bond donors (Lipinski definition) is 3. The molecule has 0 atom stereocenters. The predicted octanol–water partition coefficient (Wildman–Crippen LogP) is 4.48. The number of rotatable bonds is 10. The number of hydrogen-bond acceptors (Lipinski definition) is 5. The van der Waals surface area contributed by atoms with E-state index in [0.717, 1.165) is 25.7 Å². The average Bonchev–Trinajstić information content (AvgIpc) is 2.79. The molecule has 1 aliphatic rings. The molecule has 0 heterocycles. The zero-order valence-electron chi connectivity index (χ0n) is 18.3. The van der Waals surface area contributed by atoms with Gasteiger partial charge in [0.1, 0.15) is 12.4 Å². The summed E-state index contributed by atoms with van der Waals surface area (Å²) < 4.78 is 10.5. The Labute approximate surface area is 193 Å². The van der Waals surface area contributed by atoms with Crippen LogP contribution in [0.5, 0.6) is 5.75 Å². The van der Waals surface area contributed by atoms with Crippen molar-refractivity contribution in [3.8, 4) is 5.75 Å². The molecular formula is C24H30ClN3O4. The maximum Gasteiger partial charge on any atom is 0.253 e. The lowest BCUT2D eigenvalue weighted by Crippen LogP contribution is -2.36. The molecule has 2 aromatic carbocycles. The van der Waals surface area contributed by atoms with Gasteiger partial charge >= 0.3 is 0 Å². The normalized spacial score (nSPS) is 13.9. The van der Waals surface area contributed by atoms with Crippen molar-refractivity contribution in [3.05, 3.63) is 53.1 Å². The lowest BCUT2D eigenvalue weighted by atomic mass is 9.95. The number of methoxy groups -OCH3 is 1. The minimum atomic E-state index is -0.220. The third-order valence-corrected chi connectivity index (χ3v) is 5.61. The Bertz CT molecular complexity index is 916. The minimum Gasteiger partial charge on any atom is -0.491 e. The van der Waals surface area contributed by atoms with Gasteiger partial charge in [0.05, 0.1) is 23.7 Å². The fourth-order valence-electron chi connectivity index (χ4n) is 3.61. The second kappa shape index (κ2) is 12.3. The van der Waals surface area contributed by atoms with Crippen molar-refractivity contribution in [2.45, 2.75) is 38.1 Å². The molecule has 1 fully saturated rings. The number of ether oxygens (including phenoxy) is 2. The SMILES string of the molecule is COCCOc1cccc(NC(=O)CNc2ccc(Cl)c(C(=O)NC3CCCCC3)c2)c1. The van der Waals surface area contributed by atoms with E-state index in [1.54, 1.807) is 37.4 Å². The minimum absolute atomic E-state index is 0.0417. The van der Waals surface area contributed by atoms with E-state index in [0.29, 0.717) is 40.9 Å². The van der Waals surface area contributed by atoms with Crippen LogP contribution in [0.15, 0.2) is 42.5 Å². The quantitative estimate of drug-likeness (QED) is 0.456. The van der Waals surface area contributed by atoms with Crippen molar-refractivity contribution in [1.82, 2.24) is 5.32 Å². The first kappa shape index (κ1) is 23.9. The molecule has 0 radical (unpaired) electrons. The van der Waals surface area contributed by atoms with Crippen LogP contribution in [0.25, 0.3) is 0 Å². The monoisotopic (exact) mass is 459 g/mol. The molecule has 0 aromatic heterocycles. The van der Waals surface area contributed by atoms with Crippen LogP contribution in [0.2, 0.25) is 5.02 Å². The number of nitrogens with one attached hydrogen (secondary N) is 3. The van der Waals surface area contributed by atoms with Crippen molar-refractivity contribution >= 4 is 34.8 Å². The lowest BCUT2D eigenvalue weighted by molar-refractivity contribution is -0.114. The topological polar surface area (TPSA) is 88.7 Å². The van der Waals surface area contributed by atoms with Crippen molar-refractivity contribution in [2.75, 3.05) is 37.5 Å². The summed E-state index contributed by atoms with van der Waals surface area (Å²) in [5.74, 6) is 0.251. The van der Waals surface area contributed by atoms with E-state index < -0.39 is 0 Å². The summed E-state index contributed by atoms with van der Waals surface area (Å²) in [6.45, 7) is 0.963. The van der Waals surface area contributed by atoms with Crippen LogP contribution in [-0.2, 0) is 9.53 Å². The number of halogens is 1. The molecule has 32 heavy (non-hydrogen) atoms. The molecule has 2 amide bonds. The lowest BCUT2D eigenvalue weighted by Gasteiger charge is -2.23. The van der Waals surface area contributed by atoms with Gasteiger partial charge in [-0.3, -0.25) is 9.59 Å². The zero-order chi connectivity index (χ0) is 22.8. The van der Waals surface area contributed by atoms with E-state index >= 15 is 0 Å². The van der Waals surface area contributed by atoms with Crippen LogP contribution in [0.1, 0.15) is 42.5 Å². The second-order valence-corrected chi connectivity index (χ2v) is 8.18. The first-order valence-corrected chi connectivity index (χ1v) is 11.3. The van der Waals surface area contributed by atoms with Crippen LogP contribution in [0.3, 0.4) is 0 Å². The number of benzene rings is 2. The van der Waals surface area contributed by atoms with E-state index in [2.05, 4.69) is 16.0 Å². The predicted molar refractivity (Wildman–Crippen MR) is 127 cm³/mol. The van der Waals surface area contributed by atoms with E-state index in [1.165, 1.54) is 6.42 Å². The highest BCUT2D eigenvalue weighted by Gasteiger charge is 2.18. The molecule has 1 aliphatic carbocycles. The van der Waals surface area contributed by atoms with Crippen LogP contribution in [-0.4, -0.2) is 44.7 Å². The largest absolute Gasteiger partial charge is 0.491 e. The summed E-state index contributed by atoms with van der Waals surface area (Å²) in [6.07, 6.45) is 5.50. The van der Waals surface area contributed by atoms with Crippen molar-refractivity contribution in [1.29, 1.82) is 0 Å². The van der Waals surface area contributed by atoms with Gasteiger partial charge in [0.15, 0.2) is 0 Å². The van der Waals surface area contributed by atoms with Crippen LogP contribution < -0.4 is 20.7 Å². The van der Waals surface area contributed by atoms with Gasteiger partial charge in [0.2, 0.25) is 5.91 Å². The van der Waals surface area contributed by atoms with Gasteiger partial charge in [-0.2, -0.15) is 0 Å². The van der Waals surface area contributed by atoms with Crippen molar-refractivity contribution in [2.24, 2.45) is 0 Å². The highest BCUT2D eigenvalue weighted by atomic mass is 35.5. The summed E-state index contributed by atoms with van der Waals surface area (Å²) in [6, 6.07) is 12.5. The molecule has 0 saturated heterocycles. The molecule has 0 bridgehead atoms. The Morgan fingerprint density at radius 3 is 2.62 bits per heavy atom. The smallest absolute Gasteiger partial charge is 0.253 e. The maximum atomic E-state index is 12.7. The molecule has 7 nitrogen and oxygen atoms in total. The first-order chi connectivity index (χ1) is 15.5. The maximum absolute atomic E-state index is 12.7. The first-order valence-electron chi connectivity index (χ1n) is 10.9. The third-order valence-electron chi connectivity index (χ3n) is 5.28. The van der Waals surface area contributed by atoms with Crippen LogP contribution in [0.4, 0.5) is 11.4 Å². The zero-order valence-corrected chi connectivity index (χ0v) is 19.0. The summed E-state index contributed by atoms with van der Waals surface area (Å²) in [7, 11) is 1.61. The molecule has 3 N–H and O–H groups in total. The van der Waals surface area contributed by atoms with Crippen molar-refractivity contribution < 1.29 is 19.1 Å². The van der Waals surface area contributed by atoms with Crippen LogP contribution >= 0.6 is 11.6 Å². The van der Waals surface area contributed by atoms with Gasteiger partial charge < -0.3 is 25.4 Å². The van der Waals surface area contributed by atoms with Gasteiger partial charge in [-0.1, -0.05) is 36.9 Å². The number of anilines is 2. The second-order valence-electron chi connectivity index (χ2n) is 7.77. The summed E-state index contributed by atoms with van der Waals surface area (Å²) in [4.78, 5) is 25.0. The molecule has 172 valence electrons. The third kappa shape index (κ3) is 7.43. The van der Waals surface area contributed by atoms with E-state index in [-0.39, 0.29) is 24.4 Å². The van der Waals surface area contributed by atoms with Gasteiger partial charge in [-0.15, -0.1) is 0 Å². The Balaban J connectivity index is 1.52. The van der Waals surface area contributed by atoms with Gasteiger partial charge in [0, 0.05) is 30.6 Å². The van der Waals surface area contributed by atoms with Gasteiger partial charge in [-0.05, 0) is 43.2 Å². The fraction of sp³-hybridized carbons (Fsp3) is 0.417. The molecule has 0 spiro atoms. The summed E-state index contributed by atoms with van der Waals surface area (Å²) >= 11 is 6.25. The number of carbonyl (C=O) groups is 2.